The largest absolute Gasteiger partial charge is 0.507 e. The van der Waals surface area contributed by atoms with Crippen LogP contribution in [0.1, 0.15) is 23.2 Å². The van der Waals surface area contributed by atoms with Crippen molar-refractivity contribution < 1.29 is 15.1 Å². The number of hydrogen-bond acceptors (Lipinski definition) is 4. The fourth-order valence-corrected chi connectivity index (χ4v) is 2.39. The minimum atomic E-state index is -0.448. The lowest BCUT2D eigenvalue weighted by Crippen LogP contribution is -2.43. The first-order chi connectivity index (χ1) is 9.04. The summed E-state index contributed by atoms with van der Waals surface area (Å²) in [6.07, 6.45) is 1.39. The summed E-state index contributed by atoms with van der Waals surface area (Å²) in [5.41, 5.74) is 5.69. The van der Waals surface area contributed by atoms with E-state index in [0.29, 0.717) is 18.0 Å². The van der Waals surface area contributed by atoms with Gasteiger partial charge in [-0.3, -0.25) is 4.79 Å². The topological polar surface area (TPSA) is 99.2 Å². The Labute approximate surface area is 115 Å². The van der Waals surface area contributed by atoms with E-state index in [-0.39, 0.29) is 23.1 Å². The first-order valence-electron chi connectivity index (χ1n) is 5.81. The number of oxime groups is 1. The first-order valence-corrected chi connectivity index (χ1v) is 6.19. The van der Waals surface area contributed by atoms with Crippen LogP contribution >= 0.6 is 11.6 Å². The summed E-state index contributed by atoms with van der Waals surface area (Å²) in [5, 5.41) is 21.8. The monoisotopic (exact) mass is 283 g/mol. The van der Waals surface area contributed by atoms with Crippen LogP contribution in [0.25, 0.3) is 0 Å². The Kier molecular flexibility index (Phi) is 3.80. The van der Waals surface area contributed by atoms with Gasteiger partial charge in [-0.2, -0.15) is 0 Å². The number of hydrogen-bond donors (Lipinski definition) is 3. The molecule has 1 saturated heterocycles. The number of aromatic hydroxyl groups is 1. The second kappa shape index (κ2) is 5.36. The maximum Gasteiger partial charge on any atom is 0.258 e. The Morgan fingerprint density at radius 2 is 2.26 bits per heavy atom. The number of amidine groups is 1. The molecule has 1 amide bonds. The molecule has 0 bridgehead atoms. The number of nitrogens with zero attached hydrogens (tertiary/aromatic N) is 2. The second-order valence-electron chi connectivity index (χ2n) is 4.34. The molecule has 4 N–H and O–H groups in total. The number of halogens is 1. The third-order valence-corrected chi connectivity index (χ3v) is 3.39. The van der Waals surface area contributed by atoms with Gasteiger partial charge in [0, 0.05) is 11.6 Å². The van der Waals surface area contributed by atoms with Gasteiger partial charge in [0.25, 0.3) is 5.91 Å². The number of phenolic OH excluding ortho intramolecular Hbond substituents is 1. The molecule has 7 heteroatoms. The van der Waals surface area contributed by atoms with Crippen molar-refractivity contribution in [1.82, 2.24) is 4.90 Å². The van der Waals surface area contributed by atoms with Gasteiger partial charge in [-0.1, -0.05) is 16.8 Å². The average molecular weight is 284 g/mol. The van der Waals surface area contributed by atoms with E-state index < -0.39 is 6.04 Å². The third kappa shape index (κ3) is 2.58. The molecule has 1 aromatic carbocycles. The fourth-order valence-electron chi connectivity index (χ4n) is 2.22. The highest BCUT2D eigenvalue weighted by atomic mass is 35.5. The zero-order valence-corrected chi connectivity index (χ0v) is 10.8. The van der Waals surface area contributed by atoms with E-state index in [1.165, 1.54) is 23.1 Å². The number of rotatable bonds is 2. The molecule has 0 aliphatic carbocycles. The van der Waals surface area contributed by atoms with Crippen LogP contribution in [0.5, 0.6) is 5.75 Å². The van der Waals surface area contributed by atoms with Gasteiger partial charge in [-0.25, -0.2) is 0 Å². The van der Waals surface area contributed by atoms with E-state index in [1.54, 1.807) is 0 Å². The van der Waals surface area contributed by atoms with E-state index in [4.69, 9.17) is 22.5 Å². The van der Waals surface area contributed by atoms with Crippen LogP contribution < -0.4 is 5.73 Å². The van der Waals surface area contributed by atoms with Crippen molar-refractivity contribution in [3.8, 4) is 5.75 Å². The van der Waals surface area contributed by atoms with E-state index >= 15 is 0 Å². The van der Waals surface area contributed by atoms with Crippen molar-refractivity contribution in [2.75, 3.05) is 6.54 Å². The molecule has 19 heavy (non-hydrogen) atoms. The maximum atomic E-state index is 12.4. The SMILES string of the molecule is NC(=NO)C1CCCN1C(=O)c1cc(Cl)ccc1O. The fraction of sp³-hybridized carbons (Fsp3) is 0.333. The number of carbonyl (C=O) groups excluding carboxylic acids is 1. The zero-order chi connectivity index (χ0) is 14.0. The van der Waals surface area contributed by atoms with Crippen LogP contribution in [0, 0.1) is 0 Å². The molecule has 1 heterocycles. The second-order valence-corrected chi connectivity index (χ2v) is 4.78. The van der Waals surface area contributed by atoms with E-state index in [1.807, 2.05) is 0 Å². The first kappa shape index (κ1) is 13.5. The van der Waals surface area contributed by atoms with Gasteiger partial charge in [-0.05, 0) is 31.0 Å². The van der Waals surface area contributed by atoms with Gasteiger partial charge >= 0.3 is 0 Å². The maximum absolute atomic E-state index is 12.4. The molecule has 1 aliphatic rings. The smallest absolute Gasteiger partial charge is 0.258 e. The molecule has 1 atom stereocenters. The van der Waals surface area contributed by atoms with Gasteiger partial charge in [0.15, 0.2) is 5.84 Å². The Balaban J connectivity index is 2.31. The molecule has 0 saturated carbocycles. The summed E-state index contributed by atoms with van der Waals surface area (Å²) in [7, 11) is 0. The van der Waals surface area contributed by atoms with Gasteiger partial charge in [-0.15, -0.1) is 0 Å². The summed E-state index contributed by atoms with van der Waals surface area (Å²) in [6.45, 7) is 0.492. The summed E-state index contributed by atoms with van der Waals surface area (Å²) in [4.78, 5) is 13.8. The highest BCUT2D eigenvalue weighted by molar-refractivity contribution is 6.31. The van der Waals surface area contributed by atoms with Crippen LogP contribution in [0.4, 0.5) is 0 Å². The predicted molar refractivity (Wildman–Crippen MR) is 70.6 cm³/mol. The Morgan fingerprint density at radius 3 is 2.95 bits per heavy atom. The molecule has 0 radical (unpaired) electrons. The van der Waals surface area contributed by atoms with Crippen LogP contribution in [0.2, 0.25) is 5.02 Å². The molecular formula is C12H14ClN3O3. The Hall–Kier alpha value is -1.95. The molecule has 102 valence electrons. The van der Waals surface area contributed by atoms with Crippen molar-refractivity contribution in [2.24, 2.45) is 10.9 Å². The van der Waals surface area contributed by atoms with Gasteiger partial charge in [0.1, 0.15) is 5.75 Å². The lowest BCUT2D eigenvalue weighted by molar-refractivity contribution is 0.0765. The summed E-state index contributed by atoms with van der Waals surface area (Å²) in [5.74, 6) is -0.527. The summed E-state index contributed by atoms with van der Waals surface area (Å²) < 4.78 is 0. The van der Waals surface area contributed by atoms with Crippen molar-refractivity contribution in [1.29, 1.82) is 0 Å². The van der Waals surface area contributed by atoms with Crippen molar-refractivity contribution in [2.45, 2.75) is 18.9 Å². The molecular weight excluding hydrogens is 270 g/mol. The van der Waals surface area contributed by atoms with E-state index in [2.05, 4.69) is 5.16 Å². The van der Waals surface area contributed by atoms with E-state index in [0.717, 1.165) is 6.42 Å². The van der Waals surface area contributed by atoms with Gasteiger partial charge in [0.2, 0.25) is 0 Å². The zero-order valence-electron chi connectivity index (χ0n) is 10.1. The predicted octanol–water partition coefficient (Wildman–Crippen LogP) is 1.40. The minimum absolute atomic E-state index is 0.00707. The molecule has 1 unspecified atom stereocenters. The van der Waals surface area contributed by atoms with E-state index in [9.17, 15) is 9.90 Å². The number of phenols is 1. The van der Waals surface area contributed by atoms with Gasteiger partial charge in [0.05, 0.1) is 11.6 Å². The highest BCUT2D eigenvalue weighted by Crippen LogP contribution is 2.26. The number of benzene rings is 1. The lowest BCUT2D eigenvalue weighted by Gasteiger charge is -2.24. The van der Waals surface area contributed by atoms with Crippen molar-refractivity contribution >= 4 is 23.3 Å². The normalized spacial score (nSPS) is 19.7. The molecule has 1 aliphatic heterocycles. The Morgan fingerprint density at radius 1 is 1.53 bits per heavy atom. The Bertz CT molecular complexity index is 533. The number of carbonyl (C=O) groups is 1. The molecule has 6 nitrogen and oxygen atoms in total. The summed E-state index contributed by atoms with van der Waals surface area (Å²) >= 11 is 5.82. The number of likely N-dealkylation sites (tertiary alicyclic amines) is 1. The molecule has 0 aromatic heterocycles. The van der Waals surface area contributed by atoms with Crippen LogP contribution in [0.3, 0.4) is 0 Å². The molecule has 1 fully saturated rings. The highest BCUT2D eigenvalue weighted by Gasteiger charge is 2.33. The number of amides is 1. The number of nitrogens with two attached hydrogens (primary N) is 1. The van der Waals surface area contributed by atoms with Crippen LogP contribution in [-0.2, 0) is 0 Å². The van der Waals surface area contributed by atoms with Crippen LogP contribution in [0.15, 0.2) is 23.4 Å². The third-order valence-electron chi connectivity index (χ3n) is 3.16. The molecule has 1 aromatic rings. The van der Waals surface area contributed by atoms with Crippen molar-refractivity contribution in [3.05, 3.63) is 28.8 Å². The molecule has 0 spiro atoms. The van der Waals surface area contributed by atoms with Crippen LogP contribution in [-0.4, -0.2) is 39.5 Å². The molecule has 2 rings (SSSR count). The minimum Gasteiger partial charge on any atom is -0.507 e. The van der Waals surface area contributed by atoms with Crippen molar-refractivity contribution in [3.63, 3.8) is 0 Å². The summed E-state index contributed by atoms with van der Waals surface area (Å²) in [6, 6.07) is 3.82. The standard InChI is InChI=1S/C12H14ClN3O3/c13-7-3-4-10(17)8(6-7)12(18)16-5-1-2-9(16)11(14)15-19/h3-4,6,9,17,19H,1-2,5H2,(H2,14,15). The average Bonchev–Trinajstić information content (AvgIpc) is 2.89. The van der Waals surface area contributed by atoms with Gasteiger partial charge < -0.3 is 20.9 Å². The lowest BCUT2D eigenvalue weighted by atomic mass is 10.1. The quantitative estimate of drug-likeness (QED) is 0.331.